The van der Waals surface area contributed by atoms with Crippen LogP contribution in [0.25, 0.3) is 10.9 Å². The van der Waals surface area contributed by atoms with Crippen molar-refractivity contribution in [1.29, 1.82) is 0 Å². The molecular formula is C12H14N4O. The van der Waals surface area contributed by atoms with Gasteiger partial charge in [0.2, 0.25) is 0 Å². The van der Waals surface area contributed by atoms with Crippen molar-refractivity contribution >= 4 is 22.6 Å². The standard InChI is InChI=1S/C12H14N4O/c1-15(12-13-6-7-17-12)10-4-3-5-11-9(10)8-14-16(11)2/h3-5,8H,6-7H2,1-2H3. The van der Waals surface area contributed by atoms with E-state index in [4.69, 9.17) is 4.74 Å². The third kappa shape index (κ3) is 1.54. The molecule has 0 unspecified atom stereocenters. The number of rotatable bonds is 1. The van der Waals surface area contributed by atoms with Gasteiger partial charge in [0.15, 0.2) is 0 Å². The monoisotopic (exact) mass is 230 g/mol. The Labute approximate surface area is 99.3 Å². The lowest BCUT2D eigenvalue weighted by Crippen LogP contribution is -2.26. The van der Waals surface area contributed by atoms with E-state index < -0.39 is 0 Å². The van der Waals surface area contributed by atoms with Crippen LogP contribution in [0.5, 0.6) is 0 Å². The van der Waals surface area contributed by atoms with Crippen LogP contribution in [0.15, 0.2) is 29.4 Å². The van der Waals surface area contributed by atoms with Gasteiger partial charge in [-0.2, -0.15) is 5.10 Å². The summed E-state index contributed by atoms with van der Waals surface area (Å²) in [6, 6.07) is 6.80. The number of benzene rings is 1. The van der Waals surface area contributed by atoms with Gasteiger partial charge in [-0.1, -0.05) is 6.07 Å². The second kappa shape index (κ2) is 3.76. The number of amidine groups is 1. The first-order chi connectivity index (χ1) is 8.27. The Morgan fingerprint density at radius 2 is 2.29 bits per heavy atom. The maximum atomic E-state index is 5.47. The molecule has 0 saturated heterocycles. The second-order valence-electron chi connectivity index (χ2n) is 4.05. The maximum absolute atomic E-state index is 5.47. The summed E-state index contributed by atoms with van der Waals surface area (Å²) in [5, 5.41) is 5.38. The third-order valence-corrected chi connectivity index (χ3v) is 2.99. The average Bonchev–Trinajstić information content (AvgIpc) is 2.98. The van der Waals surface area contributed by atoms with Crippen LogP contribution in [0, 0.1) is 0 Å². The summed E-state index contributed by atoms with van der Waals surface area (Å²) < 4.78 is 7.34. The molecule has 1 aromatic carbocycles. The molecule has 0 radical (unpaired) electrons. The van der Waals surface area contributed by atoms with Gasteiger partial charge in [-0.25, -0.2) is 4.99 Å². The molecule has 2 heterocycles. The lowest BCUT2D eigenvalue weighted by molar-refractivity contribution is 0.340. The highest BCUT2D eigenvalue weighted by Gasteiger charge is 2.17. The van der Waals surface area contributed by atoms with Gasteiger partial charge in [0.25, 0.3) is 6.02 Å². The normalized spacial score (nSPS) is 14.8. The lowest BCUT2D eigenvalue weighted by atomic mass is 10.2. The zero-order valence-electron chi connectivity index (χ0n) is 9.92. The Hall–Kier alpha value is -2.04. The van der Waals surface area contributed by atoms with E-state index >= 15 is 0 Å². The van der Waals surface area contributed by atoms with Crippen molar-refractivity contribution in [2.45, 2.75) is 0 Å². The molecule has 0 amide bonds. The molecule has 0 aliphatic carbocycles. The first kappa shape index (κ1) is 10.1. The highest BCUT2D eigenvalue weighted by molar-refractivity contribution is 6.01. The topological polar surface area (TPSA) is 42.6 Å². The minimum atomic E-state index is 0.669. The van der Waals surface area contributed by atoms with Crippen molar-refractivity contribution in [1.82, 2.24) is 9.78 Å². The van der Waals surface area contributed by atoms with Gasteiger partial charge in [0.05, 0.1) is 23.9 Å². The van der Waals surface area contributed by atoms with E-state index in [0.717, 1.165) is 23.1 Å². The number of aliphatic imine (C=N–C) groups is 1. The van der Waals surface area contributed by atoms with Crippen LogP contribution in [-0.2, 0) is 11.8 Å². The molecule has 0 bridgehead atoms. The minimum Gasteiger partial charge on any atom is -0.463 e. The van der Waals surface area contributed by atoms with Crippen molar-refractivity contribution in [3.8, 4) is 0 Å². The number of nitrogens with zero attached hydrogens (tertiary/aromatic N) is 4. The highest BCUT2D eigenvalue weighted by atomic mass is 16.5. The number of aromatic nitrogens is 2. The molecule has 1 aromatic heterocycles. The van der Waals surface area contributed by atoms with Crippen LogP contribution in [-0.4, -0.2) is 36.0 Å². The quantitative estimate of drug-likeness (QED) is 0.743. The summed E-state index contributed by atoms with van der Waals surface area (Å²) in [5.41, 5.74) is 2.17. The molecule has 0 saturated carbocycles. The first-order valence-corrected chi connectivity index (χ1v) is 5.59. The highest BCUT2D eigenvalue weighted by Crippen LogP contribution is 2.26. The van der Waals surface area contributed by atoms with E-state index in [9.17, 15) is 0 Å². The maximum Gasteiger partial charge on any atom is 0.291 e. The van der Waals surface area contributed by atoms with Crippen LogP contribution in [0.4, 0.5) is 5.69 Å². The molecular weight excluding hydrogens is 216 g/mol. The summed E-state index contributed by atoms with van der Waals surface area (Å²) >= 11 is 0. The van der Waals surface area contributed by atoms with Crippen molar-refractivity contribution in [3.05, 3.63) is 24.4 Å². The summed E-state index contributed by atoms with van der Waals surface area (Å²) in [4.78, 5) is 6.29. The van der Waals surface area contributed by atoms with Crippen molar-refractivity contribution < 1.29 is 4.74 Å². The third-order valence-electron chi connectivity index (χ3n) is 2.99. The molecule has 88 valence electrons. The predicted molar refractivity (Wildman–Crippen MR) is 67.4 cm³/mol. The van der Waals surface area contributed by atoms with E-state index in [-0.39, 0.29) is 0 Å². The van der Waals surface area contributed by atoms with Gasteiger partial charge in [0.1, 0.15) is 6.61 Å². The lowest BCUT2D eigenvalue weighted by Gasteiger charge is -2.18. The number of hydrogen-bond acceptors (Lipinski definition) is 4. The van der Waals surface area contributed by atoms with Crippen LogP contribution in [0.2, 0.25) is 0 Å². The number of fused-ring (bicyclic) bond motifs is 1. The smallest absolute Gasteiger partial charge is 0.291 e. The van der Waals surface area contributed by atoms with Gasteiger partial charge in [-0.15, -0.1) is 0 Å². The predicted octanol–water partition coefficient (Wildman–Crippen LogP) is 1.40. The van der Waals surface area contributed by atoms with Gasteiger partial charge in [-0.05, 0) is 12.1 Å². The second-order valence-corrected chi connectivity index (χ2v) is 4.05. The Morgan fingerprint density at radius 1 is 1.41 bits per heavy atom. The summed E-state index contributed by atoms with van der Waals surface area (Å²) in [6.45, 7) is 1.41. The van der Waals surface area contributed by atoms with Crippen molar-refractivity contribution in [2.75, 3.05) is 25.1 Å². The van der Waals surface area contributed by atoms with Gasteiger partial charge < -0.3 is 4.74 Å². The molecule has 1 aliphatic heterocycles. The number of ether oxygens (including phenoxy) is 1. The van der Waals surface area contributed by atoms with E-state index in [1.54, 1.807) is 0 Å². The van der Waals surface area contributed by atoms with E-state index in [1.165, 1.54) is 0 Å². The first-order valence-electron chi connectivity index (χ1n) is 5.59. The zero-order valence-corrected chi connectivity index (χ0v) is 9.92. The van der Waals surface area contributed by atoms with Crippen LogP contribution in [0.1, 0.15) is 0 Å². The number of aryl methyl sites for hydroxylation is 1. The molecule has 2 aromatic rings. The van der Waals surface area contributed by atoms with E-state index in [0.29, 0.717) is 12.6 Å². The summed E-state index contributed by atoms with van der Waals surface area (Å²) in [5.74, 6) is 0. The fourth-order valence-corrected chi connectivity index (χ4v) is 2.08. The van der Waals surface area contributed by atoms with Crippen LogP contribution >= 0.6 is 0 Å². The van der Waals surface area contributed by atoms with Crippen molar-refractivity contribution in [2.24, 2.45) is 12.0 Å². The SMILES string of the molecule is CN(C1=NCCO1)c1cccc2c1cnn2C. The largest absolute Gasteiger partial charge is 0.463 e. The number of anilines is 1. The summed E-state index contributed by atoms with van der Waals surface area (Å²) in [6.07, 6.45) is 1.87. The van der Waals surface area contributed by atoms with Crippen molar-refractivity contribution in [3.63, 3.8) is 0 Å². The molecule has 5 nitrogen and oxygen atoms in total. The number of hydrogen-bond donors (Lipinski definition) is 0. The molecule has 0 spiro atoms. The van der Waals surface area contributed by atoms with E-state index in [1.807, 2.05) is 42.0 Å². The Kier molecular flexibility index (Phi) is 2.24. The Morgan fingerprint density at radius 3 is 3.06 bits per heavy atom. The molecule has 0 fully saturated rings. The molecule has 0 atom stereocenters. The van der Waals surface area contributed by atoms with E-state index in [2.05, 4.69) is 16.2 Å². The zero-order chi connectivity index (χ0) is 11.8. The minimum absolute atomic E-state index is 0.669. The fourth-order valence-electron chi connectivity index (χ4n) is 2.08. The van der Waals surface area contributed by atoms with Gasteiger partial charge in [-0.3, -0.25) is 9.58 Å². The fraction of sp³-hybridized carbons (Fsp3) is 0.333. The Bertz CT molecular complexity index is 587. The molecule has 5 heteroatoms. The molecule has 3 rings (SSSR count). The molecule has 17 heavy (non-hydrogen) atoms. The average molecular weight is 230 g/mol. The Balaban J connectivity index is 2.10. The van der Waals surface area contributed by atoms with Crippen LogP contribution in [0.3, 0.4) is 0 Å². The summed E-state index contributed by atoms with van der Waals surface area (Å²) in [7, 11) is 3.90. The molecule has 0 N–H and O–H groups in total. The van der Waals surface area contributed by atoms with Gasteiger partial charge >= 0.3 is 0 Å². The van der Waals surface area contributed by atoms with Gasteiger partial charge in [0, 0.05) is 19.5 Å². The van der Waals surface area contributed by atoms with Crippen LogP contribution < -0.4 is 4.90 Å². The molecule has 1 aliphatic rings.